The van der Waals surface area contributed by atoms with E-state index in [1.54, 1.807) is 0 Å². The van der Waals surface area contributed by atoms with Crippen molar-refractivity contribution < 1.29 is 4.74 Å². The highest BCUT2D eigenvalue weighted by Gasteiger charge is 2.43. The Balaban J connectivity index is 1.77. The lowest BCUT2D eigenvalue weighted by molar-refractivity contribution is 0.0784. The van der Waals surface area contributed by atoms with Crippen molar-refractivity contribution in [2.24, 2.45) is 0 Å². The number of ether oxygens (including phenoxy) is 1. The molecule has 1 aliphatic heterocycles. The van der Waals surface area contributed by atoms with Crippen molar-refractivity contribution in [2.45, 2.75) is 64.3 Å². The summed E-state index contributed by atoms with van der Waals surface area (Å²) in [6.45, 7) is 9.81. The average molecular weight is 360 g/mol. The quantitative estimate of drug-likeness (QED) is 0.489. The molecular formula is C25H29NO. The topological polar surface area (TPSA) is 14.2 Å². The van der Waals surface area contributed by atoms with Crippen LogP contribution in [0.15, 0.2) is 42.5 Å². The highest BCUT2D eigenvalue weighted by Crippen LogP contribution is 2.49. The van der Waals surface area contributed by atoms with Gasteiger partial charge in [-0.05, 0) is 72.6 Å². The van der Waals surface area contributed by atoms with Crippen molar-refractivity contribution in [1.29, 1.82) is 0 Å². The second-order valence-electron chi connectivity index (χ2n) is 9.11. The molecule has 2 aliphatic rings. The van der Waals surface area contributed by atoms with E-state index >= 15 is 0 Å². The Hall–Kier alpha value is -2.22. The number of nitrogens with zero attached hydrogens (tertiary/aromatic N) is 1. The van der Waals surface area contributed by atoms with E-state index in [1.165, 1.54) is 52.5 Å². The van der Waals surface area contributed by atoms with Crippen LogP contribution in [-0.2, 0) is 5.54 Å². The van der Waals surface area contributed by atoms with Crippen LogP contribution in [0.1, 0.15) is 69.9 Å². The average Bonchev–Trinajstić information content (AvgIpc) is 2.92. The Morgan fingerprint density at radius 1 is 0.889 bits per heavy atom. The Bertz CT molecular complexity index is 1020. The molecule has 0 bridgehead atoms. The van der Waals surface area contributed by atoms with Crippen molar-refractivity contribution in [3.05, 3.63) is 53.6 Å². The maximum atomic E-state index is 6.43. The molecule has 0 atom stereocenters. The van der Waals surface area contributed by atoms with E-state index in [0.717, 1.165) is 12.4 Å². The zero-order valence-electron chi connectivity index (χ0n) is 16.9. The molecule has 0 amide bonds. The van der Waals surface area contributed by atoms with Crippen molar-refractivity contribution in [2.75, 3.05) is 6.61 Å². The minimum Gasteiger partial charge on any atom is -0.490 e. The number of hydrogen-bond donors (Lipinski definition) is 0. The summed E-state index contributed by atoms with van der Waals surface area (Å²) in [4.78, 5) is 0. The molecule has 1 spiro atoms. The van der Waals surface area contributed by atoms with Crippen LogP contribution in [0.2, 0.25) is 0 Å². The van der Waals surface area contributed by atoms with Crippen LogP contribution in [0.25, 0.3) is 22.2 Å². The van der Waals surface area contributed by atoms with Gasteiger partial charge in [-0.15, -0.1) is 0 Å². The first-order valence-electron chi connectivity index (χ1n) is 10.4. The molecule has 1 aliphatic carbocycles. The van der Waals surface area contributed by atoms with Crippen molar-refractivity contribution >= 4 is 10.9 Å². The molecule has 2 nitrogen and oxygen atoms in total. The summed E-state index contributed by atoms with van der Waals surface area (Å²) >= 11 is 0. The van der Waals surface area contributed by atoms with Gasteiger partial charge in [0, 0.05) is 16.5 Å². The van der Waals surface area contributed by atoms with Crippen LogP contribution < -0.4 is 4.74 Å². The highest BCUT2D eigenvalue weighted by atomic mass is 16.5. The van der Waals surface area contributed by atoms with Crippen molar-refractivity contribution in [3.63, 3.8) is 0 Å². The van der Waals surface area contributed by atoms with E-state index < -0.39 is 0 Å². The first kappa shape index (κ1) is 16.9. The molecule has 0 N–H and O–H groups in total. The van der Waals surface area contributed by atoms with E-state index in [0.29, 0.717) is 11.8 Å². The fourth-order valence-electron chi connectivity index (χ4n) is 4.76. The van der Waals surface area contributed by atoms with Crippen LogP contribution in [0.4, 0.5) is 0 Å². The third-order valence-electron chi connectivity index (χ3n) is 6.70. The predicted molar refractivity (Wildman–Crippen MR) is 113 cm³/mol. The lowest BCUT2D eigenvalue weighted by atomic mass is 9.76. The van der Waals surface area contributed by atoms with Gasteiger partial charge in [-0.2, -0.15) is 0 Å². The smallest absolute Gasteiger partial charge is 0.129 e. The second-order valence-corrected chi connectivity index (χ2v) is 9.11. The number of aromatic nitrogens is 1. The molecule has 1 aromatic heterocycles. The summed E-state index contributed by atoms with van der Waals surface area (Å²) < 4.78 is 9.04. The van der Waals surface area contributed by atoms with Gasteiger partial charge in [0.15, 0.2) is 0 Å². The van der Waals surface area contributed by atoms with Gasteiger partial charge in [-0.3, -0.25) is 0 Å². The van der Waals surface area contributed by atoms with E-state index in [1.807, 2.05) is 0 Å². The normalized spacial score (nSPS) is 17.6. The third kappa shape index (κ3) is 2.46. The van der Waals surface area contributed by atoms with E-state index in [9.17, 15) is 0 Å². The molecule has 0 unspecified atom stereocenters. The maximum absolute atomic E-state index is 6.43. The van der Waals surface area contributed by atoms with Gasteiger partial charge in [0.2, 0.25) is 0 Å². The Morgan fingerprint density at radius 2 is 1.59 bits per heavy atom. The Morgan fingerprint density at radius 3 is 2.26 bits per heavy atom. The molecule has 1 saturated carbocycles. The molecule has 27 heavy (non-hydrogen) atoms. The van der Waals surface area contributed by atoms with E-state index in [2.05, 4.69) is 74.7 Å². The van der Waals surface area contributed by atoms with Gasteiger partial charge < -0.3 is 9.30 Å². The molecule has 140 valence electrons. The molecular weight excluding hydrogens is 330 g/mol. The summed E-state index contributed by atoms with van der Waals surface area (Å²) in [7, 11) is 0. The van der Waals surface area contributed by atoms with Crippen LogP contribution in [0.5, 0.6) is 5.75 Å². The van der Waals surface area contributed by atoms with Crippen LogP contribution in [0, 0.1) is 0 Å². The Labute approximate surface area is 162 Å². The molecule has 2 heterocycles. The SMILES string of the molecule is CC(C)c1ccc2c(c1)OCC1(CCC1)n1c-2cc2cc(C(C)C)ccc21. The first-order chi connectivity index (χ1) is 13.0. The fourth-order valence-corrected chi connectivity index (χ4v) is 4.76. The fraction of sp³-hybridized carbons (Fsp3) is 0.440. The summed E-state index contributed by atoms with van der Waals surface area (Å²) in [5, 5.41) is 1.36. The summed E-state index contributed by atoms with van der Waals surface area (Å²) in [6.07, 6.45) is 3.71. The molecule has 0 radical (unpaired) electrons. The van der Waals surface area contributed by atoms with Crippen molar-refractivity contribution in [3.8, 4) is 17.0 Å². The predicted octanol–water partition coefficient (Wildman–Crippen LogP) is 6.83. The van der Waals surface area contributed by atoms with Crippen LogP contribution in [0.3, 0.4) is 0 Å². The molecule has 2 aromatic carbocycles. The first-order valence-corrected chi connectivity index (χ1v) is 10.4. The van der Waals surface area contributed by atoms with Gasteiger partial charge in [0.25, 0.3) is 0 Å². The monoisotopic (exact) mass is 359 g/mol. The number of rotatable bonds is 2. The summed E-state index contributed by atoms with van der Waals surface area (Å²) in [5.41, 5.74) is 6.81. The molecule has 2 heteroatoms. The van der Waals surface area contributed by atoms with E-state index in [-0.39, 0.29) is 5.54 Å². The van der Waals surface area contributed by atoms with Crippen LogP contribution >= 0.6 is 0 Å². The van der Waals surface area contributed by atoms with Gasteiger partial charge in [0.05, 0.1) is 11.2 Å². The number of benzene rings is 2. The minimum absolute atomic E-state index is 0.118. The summed E-state index contributed by atoms with van der Waals surface area (Å²) in [5.74, 6) is 2.12. The van der Waals surface area contributed by atoms with Gasteiger partial charge in [-0.25, -0.2) is 0 Å². The number of hydrogen-bond acceptors (Lipinski definition) is 1. The third-order valence-corrected chi connectivity index (χ3v) is 6.70. The lowest BCUT2D eigenvalue weighted by Gasteiger charge is -2.43. The Kier molecular flexibility index (Phi) is 3.69. The molecule has 5 rings (SSSR count). The standard InChI is InChI=1S/C25H29NO/c1-16(2)18-7-9-22-20(12-18)13-23-21-8-6-19(17(3)4)14-24(21)27-15-25(26(22)23)10-5-11-25/h6-9,12-14,16-17H,5,10-11,15H2,1-4H3. The molecule has 1 fully saturated rings. The van der Waals surface area contributed by atoms with E-state index in [4.69, 9.17) is 4.74 Å². The molecule has 0 saturated heterocycles. The van der Waals surface area contributed by atoms with Crippen molar-refractivity contribution in [1.82, 2.24) is 4.57 Å². The van der Waals surface area contributed by atoms with Crippen LogP contribution in [-0.4, -0.2) is 11.2 Å². The maximum Gasteiger partial charge on any atom is 0.129 e. The second kappa shape index (κ2) is 5.89. The summed E-state index contributed by atoms with van der Waals surface area (Å²) in [6, 6.07) is 16.2. The lowest BCUT2D eigenvalue weighted by Crippen LogP contribution is -2.45. The van der Waals surface area contributed by atoms with Gasteiger partial charge in [-0.1, -0.05) is 39.8 Å². The van der Waals surface area contributed by atoms with Gasteiger partial charge >= 0.3 is 0 Å². The number of fused-ring (bicyclic) bond motifs is 6. The highest BCUT2D eigenvalue weighted by molar-refractivity contribution is 5.89. The largest absolute Gasteiger partial charge is 0.490 e. The van der Waals surface area contributed by atoms with Gasteiger partial charge in [0.1, 0.15) is 12.4 Å². The molecule has 3 aromatic rings. The minimum atomic E-state index is 0.118. The zero-order valence-corrected chi connectivity index (χ0v) is 16.9. The zero-order chi connectivity index (χ0) is 18.8.